The van der Waals surface area contributed by atoms with E-state index in [4.69, 9.17) is 5.73 Å². The van der Waals surface area contributed by atoms with Crippen LogP contribution in [0.5, 0.6) is 0 Å². The largest absolute Gasteiger partial charge is 0.370 e. The number of nitrogens with one attached hydrogen (secondary N) is 1. The van der Waals surface area contributed by atoms with Crippen molar-refractivity contribution in [3.63, 3.8) is 0 Å². The zero-order valence-corrected chi connectivity index (χ0v) is 10.7. The summed E-state index contributed by atoms with van der Waals surface area (Å²) in [6, 6.07) is 8.22. The fourth-order valence-electron chi connectivity index (χ4n) is 1.31. The first-order valence-electron chi connectivity index (χ1n) is 5.41. The van der Waals surface area contributed by atoms with E-state index in [0.29, 0.717) is 5.96 Å². The second-order valence-corrected chi connectivity index (χ2v) is 4.42. The summed E-state index contributed by atoms with van der Waals surface area (Å²) in [5.74, 6) is 1.49. The van der Waals surface area contributed by atoms with Crippen molar-refractivity contribution in [3.05, 3.63) is 29.8 Å². The molecular formula is C12H19N3S. The minimum absolute atomic E-state index is 0.488. The molecule has 0 atom stereocenters. The number of aryl methyl sites for hydroxylation is 1. The summed E-state index contributed by atoms with van der Waals surface area (Å²) in [6.45, 7) is 2.89. The first-order chi connectivity index (χ1) is 7.76. The van der Waals surface area contributed by atoms with Crippen LogP contribution in [0.1, 0.15) is 12.5 Å². The van der Waals surface area contributed by atoms with Gasteiger partial charge in [0, 0.05) is 11.4 Å². The molecule has 0 aliphatic rings. The monoisotopic (exact) mass is 237 g/mol. The maximum Gasteiger partial charge on any atom is 0.193 e. The van der Waals surface area contributed by atoms with E-state index in [2.05, 4.69) is 35.6 Å². The highest BCUT2D eigenvalue weighted by Crippen LogP contribution is 2.10. The Hall–Kier alpha value is -1.16. The Morgan fingerprint density at radius 2 is 2.31 bits per heavy atom. The van der Waals surface area contributed by atoms with Gasteiger partial charge in [-0.1, -0.05) is 19.1 Å². The second kappa shape index (κ2) is 7.17. The third-order valence-corrected chi connectivity index (χ3v) is 2.78. The molecule has 0 spiro atoms. The number of nitrogens with zero attached hydrogens (tertiary/aromatic N) is 1. The molecule has 0 radical (unpaired) electrons. The Morgan fingerprint density at radius 3 is 3.00 bits per heavy atom. The van der Waals surface area contributed by atoms with Crippen LogP contribution in [0, 0.1) is 0 Å². The van der Waals surface area contributed by atoms with E-state index in [0.717, 1.165) is 24.4 Å². The average molecular weight is 237 g/mol. The normalized spacial score (nSPS) is 11.5. The molecular weight excluding hydrogens is 218 g/mol. The number of anilines is 1. The van der Waals surface area contributed by atoms with Gasteiger partial charge in [-0.05, 0) is 30.4 Å². The molecule has 88 valence electrons. The van der Waals surface area contributed by atoms with Crippen LogP contribution in [-0.4, -0.2) is 24.5 Å². The zero-order valence-electron chi connectivity index (χ0n) is 9.86. The molecule has 0 fully saturated rings. The van der Waals surface area contributed by atoms with Gasteiger partial charge in [0.05, 0.1) is 6.54 Å². The van der Waals surface area contributed by atoms with Crippen molar-refractivity contribution in [2.75, 3.05) is 23.9 Å². The van der Waals surface area contributed by atoms with Crippen LogP contribution in [0.4, 0.5) is 5.69 Å². The summed E-state index contributed by atoms with van der Waals surface area (Å²) in [6.07, 6.45) is 3.09. The van der Waals surface area contributed by atoms with Crippen LogP contribution in [0.3, 0.4) is 0 Å². The Balaban J connectivity index is 2.54. The molecule has 0 saturated heterocycles. The fourth-order valence-corrected chi connectivity index (χ4v) is 1.59. The molecule has 1 aromatic carbocycles. The zero-order chi connectivity index (χ0) is 11.8. The predicted molar refractivity (Wildman–Crippen MR) is 74.3 cm³/mol. The van der Waals surface area contributed by atoms with E-state index < -0.39 is 0 Å². The Bertz CT molecular complexity index is 350. The number of nitrogens with two attached hydrogens (primary N) is 1. The summed E-state index contributed by atoms with van der Waals surface area (Å²) in [5, 5.41) is 3.09. The lowest BCUT2D eigenvalue weighted by Crippen LogP contribution is -2.23. The highest BCUT2D eigenvalue weighted by atomic mass is 32.2. The number of aliphatic imine (C=N–C) groups is 1. The van der Waals surface area contributed by atoms with E-state index in [-0.39, 0.29) is 0 Å². The fraction of sp³-hybridized carbons (Fsp3) is 0.417. The van der Waals surface area contributed by atoms with Gasteiger partial charge in [-0.3, -0.25) is 4.99 Å². The van der Waals surface area contributed by atoms with Gasteiger partial charge in [-0.15, -0.1) is 0 Å². The molecule has 0 aliphatic carbocycles. The Morgan fingerprint density at radius 1 is 1.50 bits per heavy atom. The predicted octanol–water partition coefficient (Wildman–Crippen LogP) is 2.34. The number of guanidine groups is 1. The van der Waals surface area contributed by atoms with Crippen molar-refractivity contribution in [2.24, 2.45) is 10.7 Å². The van der Waals surface area contributed by atoms with Gasteiger partial charge in [-0.2, -0.15) is 11.8 Å². The summed E-state index contributed by atoms with van der Waals surface area (Å²) in [7, 11) is 0. The van der Waals surface area contributed by atoms with Crippen LogP contribution < -0.4 is 11.1 Å². The summed E-state index contributed by atoms with van der Waals surface area (Å²) < 4.78 is 0. The van der Waals surface area contributed by atoms with E-state index in [1.54, 1.807) is 11.8 Å². The Labute approximate surface area is 102 Å². The summed E-state index contributed by atoms with van der Waals surface area (Å²) in [4.78, 5) is 4.23. The van der Waals surface area contributed by atoms with E-state index >= 15 is 0 Å². The molecule has 3 N–H and O–H groups in total. The SMILES string of the molecule is CCc1cccc(NC(N)=NCCSC)c1. The molecule has 0 unspecified atom stereocenters. The molecule has 1 rings (SSSR count). The maximum atomic E-state index is 5.77. The van der Waals surface area contributed by atoms with Crippen molar-refractivity contribution in [2.45, 2.75) is 13.3 Å². The van der Waals surface area contributed by atoms with Gasteiger partial charge in [-0.25, -0.2) is 0 Å². The molecule has 4 heteroatoms. The van der Waals surface area contributed by atoms with Crippen LogP contribution >= 0.6 is 11.8 Å². The number of benzene rings is 1. The third kappa shape index (κ3) is 4.57. The minimum atomic E-state index is 0.488. The quantitative estimate of drug-likeness (QED) is 0.469. The molecule has 0 saturated carbocycles. The molecule has 16 heavy (non-hydrogen) atoms. The smallest absolute Gasteiger partial charge is 0.193 e. The second-order valence-electron chi connectivity index (χ2n) is 3.44. The van der Waals surface area contributed by atoms with Crippen molar-refractivity contribution < 1.29 is 0 Å². The van der Waals surface area contributed by atoms with Gasteiger partial charge < -0.3 is 11.1 Å². The van der Waals surface area contributed by atoms with Crippen LogP contribution in [0.2, 0.25) is 0 Å². The first kappa shape index (κ1) is 12.9. The molecule has 0 bridgehead atoms. The number of hydrogen-bond donors (Lipinski definition) is 2. The molecule has 0 aliphatic heterocycles. The van der Waals surface area contributed by atoms with Gasteiger partial charge in [0.15, 0.2) is 5.96 Å². The number of thioether (sulfide) groups is 1. The lowest BCUT2D eigenvalue weighted by molar-refractivity contribution is 1.13. The lowest BCUT2D eigenvalue weighted by Gasteiger charge is -2.06. The summed E-state index contributed by atoms with van der Waals surface area (Å²) >= 11 is 1.77. The number of hydrogen-bond acceptors (Lipinski definition) is 2. The number of rotatable bonds is 5. The van der Waals surface area contributed by atoms with Crippen molar-refractivity contribution >= 4 is 23.4 Å². The van der Waals surface area contributed by atoms with Crippen molar-refractivity contribution in [1.82, 2.24) is 0 Å². The molecule has 0 aromatic heterocycles. The van der Waals surface area contributed by atoms with Gasteiger partial charge >= 0.3 is 0 Å². The van der Waals surface area contributed by atoms with E-state index in [1.807, 2.05) is 12.1 Å². The van der Waals surface area contributed by atoms with Gasteiger partial charge in [0.1, 0.15) is 0 Å². The van der Waals surface area contributed by atoms with Gasteiger partial charge in [0.25, 0.3) is 0 Å². The van der Waals surface area contributed by atoms with Crippen molar-refractivity contribution in [1.29, 1.82) is 0 Å². The van der Waals surface area contributed by atoms with Crippen LogP contribution in [0.25, 0.3) is 0 Å². The van der Waals surface area contributed by atoms with Crippen LogP contribution in [0.15, 0.2) is 29.3 Å². The lowest BCUT2D eigenvalue weighted by atomic mass is 10.1. The Kier molecular flexibility index (Phi) is 5.78. The van der Waals surface area contributed by atoms with E-state index in [9.17, 15) is 0 Å². The highest BCUT2D eigenvalue weighted by molar-refractivity contribution is 7.98. The highest BCUT2D eigenvalue weighted by Gasteiger charge is 1.95. The minimum Gasteiger partial charge on any atom is -0.370 e. The van der Waals surface area contributed by atoms with Gasteiger partial charge in [0.2, 0.25) is 0 Å². The molecule has 0 amide bonds. The summed E-state index contributed by atoms with van der Waals surface area (Å²) in [5.41, 5.74) is 8.07. The standard InChI is InChI=1S/C12H19N3S/c1-3-10-5-4-6-11(9-10)15-12(13)14-7-8-16-2/h4-6,9H,3,7-8H2,1-2H3,(H3,13,14,15). The first-order valence-corrected chi connectivity index (χ1v) is 6.80. The topological polar surface area (TPSA) is 50.4 Å². The van der Waals surface area contributed by atoms with Crippen LogP contribution in [-0.2, 0) is 6.42 Å². The van der Waals surface area contributed by atoms with Crippen molar-refractivity contribution in [3.8, 4) is 0 Å². The molecule has 0 heterocycles. The maximum absolute atomic E-state index is 5.77. The average Bonchev–Trinajstić information content (AvgIpc) is 2.29. The molecule has 3 nitrogen and oxygen atoms in total. The third-order valence-electron chi connectivity index (χ3n) is 2.19. The molecule has 1 aromatic rings. The van der Waals surface area contributed by atoms with E-state index in [1.165, 1.54) is 5.56 Å².